The molecule has 1 aliphatic heterocycles. The van der Waals surface area contributed by atoms with E-state index in [4.69, 9.17) is 10.5 Å². The predicted octanol–water partition coefficient (Wildman–Crippen LogP) is 2.02. The molecule has 5 heteroatoms. The van der Waals surface area contributed by atoms with Crippen molar-refractivity contribution in [2.24, 2.45) is 5.73 Å². The third kappa shape index (κ3) is 2.84. The second kappa shape index (κ2) is 5.71. The van der Waals surface area contributed by atoms with Crippen molar-refractivity contribution in [3.8, 4) is 5.75 Å². The SMILES string of the molecule is COc1ccc(Br)c(C(=O)N2CCC[C@@H](N)C2)c1. The molecule has 2 N–H and O–H groups in total. The van der Waals surface area contributed by atoms with Gasteiger partial charge in [0.15, 0.2) is 0 Å². The fraction of sp³-hybridized carbons (Fsp3) is 0.462. The molecule has 1 saturated heterocycles. The van der Waals surface area contributed by atoms with Crippen LogP contribution in [-0.4, -0.2) is 37.0 Å². The van der Waals surface area contributed by atoms with Crippen LogP contribution >= 0.6 is 15.9 Å². The van der Waals surface area contributed by atoms with Crippen molar-refractivity contribution in [3.05, 3.63) is 28.2 Å². The highest BCUT2D eigenvalue weighted by atomic mass is 79.9. The number of nitrogens with zero attached hydrogens (tertiary/aromatic N) is 1. The second-order valence-corrected chi connectivity index (χ2v) is 5.35. The molecule has 18 heavy (non-hydrogen) atoms. The molecule has 0 aromatic heterocycles. The minimum absolute atomic E-state index is 0.0101. The molecule has 0 bridgehead atoms. The number of likely N-dealkylation sites (tertiary alicyclic amines) is 1. The molecule has 1 aliphatic rings. The first-order valence-corrected chi connectivity index (χ1v) is 6.79. The van der Waals surface area contributed by atoms with Gasteiger partial charge in [-0.15, -0.1) is 0 Å². The van der Waals surface area contributed by atoms with Crippen LogP contribution in [0.1, 0.15) is 23.2 Å². The Morgan fingerprint density at radius 2 is 2.33 bits per heavy atom. The van der Waals surface area contributed by atoms with Crippen LogP contribution in [0.4, 0.5) is 0 Å². The van der Waals surface area contributed by atoms with Gasteiger partial charge in [-0.05, 0) is 47.0 Å². The van der Waals surface area contributed by atoms with Crippen molar-refractivity contribution in [1.82, 2.24) is 4.90 Å². The van der Waals surface area contributed by atoms with Crippen LogP contribution in [0.25, 0.3) is 0 Å². The maximum Gasteiger partial charge on any atom is 0.255 e. The molecule has 0 radical (unpaired) electrons. The van der Waals surface area contributed by atoms with Gasteiger partial charge in [0.25, 0.3) is 5.91 Å². The second-order valence-electron chi connectivity index (χ2n) is 4.50. The van der Waals surface area contributed by atoms with E-state index in [0.29, 0.717) is 17.9 Å². The fourth-order valence-corrected chi connectivity index (χ4v) is 2.58. The summed E-state index contributed by atoms with van der Waals surface area (Å²) in [5.74, 6) is 0.693. The van der Waals surface area contributed by atoms with Gasteiger partial charge in [0.1, 0.15) is 5.75 Å². The van der Waals surface area contributed by atoms with Gasteiger partial charge in [0.05, 0.1) is 12.7 Å². The third-order valence-corrected chi connectivity index (χ3v) is 3.84. The third-order valence-electron chi connectivity index (χ3n) is 3.15. The fourth-order valence-electron chi connectivity index (χ4n) is 2.16. The molecule has 4 nitrogen and oxygen atoms in total. The molecule has 98 valence electrons. The van der Waals surface area contributed by atoms with Crippen molar-refractivity contribution in [1.29, 1.82) is 0 Å². The Kier molecular flexibility index (Phi) is 4.24. The molecule has 1 aromatic carbocycles. The zero-order valence-electron chi connectivity index (χ0n) is 10.4. The lowest BCUT2D eigenvalue weighted by atomic mass is 10.1. The van der Waals surface area contributed by atoms with E-state index < -0.39 is 0 Å². The number of carbonyl (C=O) groups excluding carboxylic acids is 1. The summed E-state index contributed by atoms with van der Waals surface area (Å²) in [6.45, 7) is 1.40. The Balaban J connectivity index is 2.22. The monoisotopic (exact) mass is 312 g/mol. The number of carbonyl (C=O) groups is 1. The van der Waals surface area contributed by atoms with Crippen LogP contribution in [0.5, 0.6) is 5.75 Å². The number of methoxy groups -OCH3 is 1. The van der Waals surface area contributed by atoms with Gasteiger partial charge in [0, 0.05) is 23.6 Å². The molecule has 0 aliphatic carbocycles. The summed E-state index contributed by atoms with van der Waals surface area (Å²) in [6.07, 6.45) is 1.96. The predicted molar refractivity (Wildman–Crippen MR) is 73.8 cm³/mol. The lowest BCUT2D eigenvalue weighted by molar-refractivity contribution is 0.0707. The zero-order valence-corrected chi connectivity index (χ0v) is 11.9. The first-order chi connectivity index (χ1) is 8.61. The van der Waals surface area contributed by atoms with Gasteiger partial charge in [-0.3, -0.25) is 4.79 Å². The van der Waals surface area contributed by atoms with E-state index in [0.717, 1.165) is 23.9 Å². The van der Waals surface area contributed by atoms with E-state index >= 15 is 0 Å². The zero-order chi connectivity index (χ0) is 13.1. The topological polar surface area (TPSA) is 55.6 Å². The normalized spacial score (nSPS) is 19.7. The Bertz CT molecular complexity index is 451. The number of rotatable bonds is 2. The Labute approximate surface area is 115 Å². The summed E-state index contributed by atoms with van der Waals surface area (Å²) in [5, 5.41) is 0. The summed E-state index contributed by atoms with van der Waals surface area (Å²) in [6, 6.07) is 5.50. The van der Waals surface area contributed by atoms with E-state index in [1.807, 2.05) is 17.0 Å². The van der Waals surface area contributed by atoms with Gasteiger partial charge >= 0.3 is 0 Å². The van der Waals surface area contributed by atoms with Crippen LogP contribution in [0, 0.1) is 0 Å². The molecule has 0 spiro atoms. The highest BCUT2D eigenvalue weighted by Gasteiger charge is 2.23. The van der Waals surface area contributed by atoms with E-state index in [-0.39, 0.29) is 11.9 Å². The summed E-state index contributed by atoms with van der Waals surface area (Å²) >= 11 is 3.41. The van der Waals surface area contributed by atoms with Crippen LogP contribution in [0.3, 0.4) is 0 Å². The van der Waals surface area contributed by atoms with Crippen LogP contribution in [0.15, 0.2) is 22.7 Å². The smallest absolute Gasteiger partial charge is 0.255 e. The van der Waals surface area contributed by atoms with Crippen molar-refractivity contribution in [3.63, 3.8) is 0 Å². The average molecular weight is 313 g/mol. The number of piperidine rings is 1. The Hall–Kier alpha value is -1.07. The highest BCUT2D eigenvalue weighted by molar-refractivity contribution is 9.10. The van der Waals surface area contributed by atoms with Crippen LogP contribution in [-0.2, 0) is 0 Å². The van der Waals surface area contributed by atoms with Crippen molar-refractivity contribution in [2.45, 2.75) is 18.9 Å². The number of hydrogen-bond donors (Lipinski definition) is 1. The largest absolute Gasteiger partial charge is 0.497 e. The van der Waals surface area contributed by atoms with Crippen molar-refractivity contribution >= 4 is 21.8 Å². The molecular formula is C13H17BrN2O2. The first kappa shape index (κ1) is 13.4. The number of amides is 1. The lowest BCUT2D eigenvalue weighted by Crippen LogP contribution is -2.45. The maximum absolute atomic E-state index is 12.4. The molecule has 0 saturated carbocycles. The minimum Gasteiger partial charge on any atom is -0.497 e. The van der Waals surface area contributed by atoms with E-state index in [1.54, 1.807) is 13.2 Å². The molecule has 1 aromatic rings. The first-order valence-electron chi connectivity index (χ1n) is 6.00. The molecule has 0 unspecified atom stereocenters. The standard InChI is InChI=1S/C13H17BrN2O2/c1-18-10-4-5-12(14)11(7-10)13(17)16-6-2-3-9(15)8-16/h4-5,7,9H,2-3,6,8,15H2,1H3/t9-/m1/s1. The number of nitrogens with two attached hydrogens (primary N) is 1. The average Bonchev–Trinajstić information content (AvgIpc) is 2.38. The van der Waals surface area contributed by atoms with Crippen LogP contribution in [0.2, 0.25) is 0 Å². The molecule has 1 amide bonds. The maximum atomic E-state index is 12.4. The lowest BCUT2D eigenvalue weighted by Gasteiger charge is -2.31. The van der Waals surface area contributed by atoms with E-state index in [1.165, 1.54) is 0 Å². The van der Waals surface area contributed by atoms with Gasteiger partial charge in [-0.2, -0.15) is 0 Å². The summed E-state index contributed by atoms with van der Waals surface area (Å²) in [4.78, 5) is 14.2. The number of ether oxygens (including phenoxy) is 1. The van der Waals surface area contributed by atoms with Gasteiger partial charge in [-0.25, -0.2) is 0 Å². The number of benzene rings is 1. The van der Waals surface area contributed by atoms with E-state index in [2.05, 4.69) is 15.9 Å². The van der Waals surface area contributed by atoms with Crippen molar-refractivity contribution < 1.29 is 9.53 Å². The quantitative estimate of drug-likeness (QED) is 0.909. The van der Waals surface area contributed by atoms with Gasteiger partial charge in [-0.1, -0.05) is 0 Å². The number of halogens is 1. The molecular weight excluding hydrogens is 296 g/mol. The van der Waals surface area contributed by atoms with Crippen molar-refractivity contribution in [2.75, 3.05) is 20.2 Å². The highest BCUT2D eigenvalue weighted by Crippen LogP contribution is 2.24. The van der Waals surface area contributed by atoms with Gasteiger partial charge < -0.3 is 15.4 Å². The summed E-state index contributed by atoms with van der Waals surface area (Å²) < 4.78 is 5.94. The molecule has 2 rings (SSSR count). The van der Waals surface area contributed by atoms with Crippen LogP contribution < -0.4 is 10.5 Å². The Morgan fingerprint density at radius 3 is 3.00 bits per heavy atom. The summed E-state index contributed by atoms with van der Waals surface area (Å²) in [5.41, 5.74) is 6.53. The molecule has 1 atom stereocenters. The van der Waals surface area contributed by atoms with Gasteiger partial charge in [0.2, 0.25) is 0 Å². The number of hydrogen-bond acceptors (Lipinski definition) is 3. The van der Waals surface area contributed by atoms with E-state index in [9.17, 15) is 4.79 Å². The summed E-state index contributed by atoms with van der Waals surface area (Å²) in [7, 11) is 1.59. The molecule has 1 heterocycles. The minimum atomic E-state index is 0.0101. The Morgan fingerprint density at radius 1 is 1.56 bits per heavy atom. The molecule has 1 fully saturated rings.